The monoisotopic (exact) mass is 250 g/mol. The van der Waals surface area contributed by atoms with Crippen LogP contribution >= 0.6 is 0 Å². The van der Waals surface area contributed by atoms with Gasteiger partial charge in [-0.1, -0.05) is 0 Å². The summed E-state index contributed by atoms with van der Waals surface area (Å²) in [6, 6.07) is 3.33. The fourth-order valence-electron chi connectivity index (χ4n) is 1.86. The molecule has 1 aromatic rings. The predicted octanol–water partition coefficient (Wildman–Crippen LogP) is 1.13. The molecule has 1 aromatic heterocycles. The number of nitrogens with zero attached hydrogens (tertiary/aromatic N) is 1. The first kappa shape index (κ1) is 12.8. The minimum atomic E-state index is -0.700. The van der Waals surface area contributed by atoms with Crippen LogP contribution in [0.1, 0.15) is 36.5 Å². The Morgan fingerprint density at radius 2 is 2.33 bits per heavy atom. The summed E-state index contributed by atoms with van der Waals surface area (Å²) in [6.07, 6.45) is 4.02. The van der Waals surface area contributed by atoms with Gasteiger partial charge in [-0.2, -0.15) is 0 Å². The molecule has 0 bridgehead atoms. The molecule has 18 heavy (non-hydrogen) atoms. The summed E-state index contributed by atoms with van der Waals surface area (Å²) in [5.41, 5.74) is -0.227. The van der Waals surface area contributed by atoms with Crippen LogP contribution in [0, 0.1) is 0 Å². The van der Waals surface area contributed by atoms with Crippen molar-refractivity contribution in [2.75, 3.05) is 13.2 Å². The van der Waals surface area contributed by atoms with Crippen molar-refractivity contribution < 1.29 is 14.6 Å². The number of nitrogens with one attached hydrogen (secondary N) is 1. The molecule has 5 heteroatoms. The highest BCUT2D eigenvalue weighted by molar-refractivity contribution is 5.93. The number of aromatic nitrogens is 1. The number of ether oxygens (including phenoxy) is 1. The molecule has 0 radical (unpaired) electrons. The topological polar surface area (TPSA) is 71.5 Å². The normalized spacial score (nSPS) is 16.8. The molecule has 1 fully saturated rings. The van der Waals surface area contributed by atoms with Crippen LogP contribution in [-0.4, -0.2) is 34.8 Å². The van der Waals surface area contributed by atoms with E-state index < -0.39 is 5.60 Å². The van der Waals surface area contributed by atoms with Crippen molar-refractivity contribution in [3.05, 3.63) is 23.9 Å². The molecule has 1 heterocycles. The third-order valence-corrected chi connectivity index (χ3v) is 3.15. The Morgan fingerprint density at radius 1 is 1.56 bits per heavy atom. The summed E-state index contributed by atoms with van der Waals surface area (Å²) in [5.74, 6) is 0.289. The molecule has 5 nitrogen and oxygen atoms in total. The number of rotatable bonds is 5. The van der Waals surface area contributed by atoms with Gasteiger partial charge in [0.2, 0.25) is 5.88 Å². The minimum absolute atomic E-state index is 0.217. The second-order valence-corrected chi connectivity index (χ2v) is 4.58. The van der Waals surface area contributed by atoms with E-state index in [4.69, 9.17) is 4.74 Å². The van der Waals surface area contributed by atoms with E-state index in [1.807, 2.05) is 6.92 Å². The van der Waals surface area contributed by atoms with Gasteiger partial charge in [-0.05, 0) is 32.3 Å². The lowest BCUT2D eigenvalue weighted by atomic mass is 9.80. The minimum Gasteiger partial charge on any atom is -0.478 e. The molecule has 1 saturated carbocycles. The largest absolute Gasteiger partial charge is 0.478 e. The molecule has 1 amide bonds. The number of amides is 1. The van der Waals surface area contributed by atoms with Crippen molar-refractivity contribution in [2.24, 2.45) is 0 Å². The molecule has 0 aliphatic heterocycles. The predicted molar refractivity (Wildman–Crippen MR) is 66.5 cm³/mol. The van der Waals surface area contributed by atoms with Crippen molar-refractivity contribution in [3.8, 4) is 5.88 Å². The fourth-order valence-corrected chi connectivity index (χ4v) is 1.86. The fraction of sp³-hybridized carbons (Fsp3) is 0.538. The molecule has 0 unspecified atom stereocenters. The maximum atomic E-state index is 11.8. The van der Waals surface area contributed by atoms with E-state index in [0.29, 0.717) is 24.6 Å². The van der Waals surface area contributed by atoms with E-state index in [9.17, 15) is 9.90 Å². The Kier molecular flexibility index (Phi) is 3.81. The van der Waals surface area contributed by atoms with E-state index in [-0.39, 0.29) is 5.91 Å². The Balaban J connectivity index is 1.88. The van der Waals surface area contributed by atoms with Crippen LogP contribution < -0.4 is 10.1 Å². The zero-order valence-electron chi connectivity index (χ0n) is 10.5. The van der Waals surface area contributed by atoms with Gasteiger partial charge in [0.05, 0.1) is 17.8 Å². The third-order valence-electron chi connectivity index (χ3n) is 3.15. The van der Waals surface area contributed by atoms with Crippen LogP contribution in [0.2, 0.25) is 0 Å². The van der Waals surface area contributed by atoms with E-state index >= 15 is 0 Å². The van der Waals surface area contributed by atoms with Gasteiger partial charge in [-0.15, -0.1) is 0 Å². The highest BCUT2D eigenvalue weighted by Gasteiger charge is 2.34. The molecular formula is C13H18N2O3. The van der Waals surface area contributed by atoms with E-state index in [0.717, 1.165) is 19.3 Å². The van der Waals surface area contributed by atoms with Gasteiger partial charge in [-0.25, -0.2) is 4.98 Å². The van der Waals surface area contributed by atoms with Crippen LogP contribution in [0.25, 0.3) is 0 Å². The zero-order chi connectivity index (χ0) is 13.0. The quantitative estimate of drug-likeness (QED) is 0.821. The van der Waals surface area contributed by atoms with Crippen molar-refractivity contribution in [1.82, 2.24) is 10.3 Å². The van der Waals surface area contributed by atoms with Gasteiger partial charge in [0.1, 0.15) is 0 Å². The molecule has 2 N–H and O–H groups in total. The average molecular weight is 250 g/mol. The van der Waals surface area contributed by atoms with Gasteiger partial charge in [0, 0.05) is 18.8 Å². The van der Waals surface area contributed by atoms with Crippen LogP contribution in [0.3, 0.4) is 0 Å². The highest BCUT2D eigenvalue weighted by Crippen LogP contribution is 2.30. The van der Waals surface area contributed by atoms with E-state index in [1.54, 1.807) is 12.1 Å². The number of aliphatic hydroxyl groups is 1. The molecule has 0 atom stereocenters. The third kappa shape index (κ3) is 2.98. The number of pyridine rings is 1. The van der Waals surface area contributed by atoms with Gasteiger partial charge >= 0.3 is 0 Å². The molecule has 0 aromatic carbocycles. The van der Waals surface area contributed by atoms with Crippen molar-refractivity contribution in [2.45, 2.75) is 31.8 Å². The van der Waals surface area contributed by atoms with Crippen LogP contribution in [0.4, 0.5) is 0 Å². The molecule has 2 rings (SSSR count). The van der Waals surface area contributed by atoms with Gasteiger partial charge < -0.3 is 15.2 Å². The van der Waals surface area contributed by atoms with E-state index in [2.05, 4.69) is 10.3 Å². The van der Waals surface area contributed by atoms with Gasteiger partial charge in [-0.3, -0.25) is 4.79 Å². The molecular weight excluding hydrogens is 232 g/mol. The maximum Gasteiger partial charge on any atom is 0.252 e. The Bertz CT molecular complexity index is 413. The number of hydrogen-bond acceptors (Lipinski definition) is 4. The van der Waals surface area contributed by atoms with Crippen molar-refractivity contribution in [3.63, 3.8) is 0 Å². The number of hydrogen-bond donors (Lipinski definition) is 2. The molecule has 0 saturated heterocycles. The first-order valence-corrected chi connectivity index (χ1v) is 6.22. The van der Waals surface area contributed by atoms with Crippen LogP contribution in [-0.2, 0) is 0 Å². The Hall–Kier alpha value is -1.62. The SMILES string of the molecule is CCOc1ccc(C(=O)NCC2(O)CCC2)cn1. The number of carbonyl (C=O) groups is 1. The second-order valence-electron chi connectivity index (χ2n) is 4.58. The highest BCUT2D eigenvalue weighted by atomic mass is 16.5. The smallest absolute Gasteiger partial charge is 0.252 e. The first-order chi connectivity index (χ1) is 8.63. The molecule has 98 valence electrons. The zero-order valence-corrected chi connectivity index (χ0v) is 10.5. The maximum absolute atomic E-state index is 11.8. The van der Waals surface area contributed by atoms with Gasteiger partial charge in [0.25, 0.3) is 5.91 Å². The number of carbonyl (C=O) groups excluding carboxylic acids is 1. The second kappa shape index (κ2) is 5.35. The van der Waals surface area contributed by atoms with Crippen LogP contribution in [0.15, 0.2) is 18.3 Å². The molecule has 0 spiro atoms. The summed E-state index contributed by atoms with van der Waals surface area (Å²) < 4.78 is 5.20. The van der Waals surface area contributed by atoms with Crippen molar-refractivity contribution in [1.29, 1.82) is 0 Å². The van der Waals surface area contributed by atoms with Crippen molar-refractivity contribution >= 4 is 5.91 Å². The molecule has 1 aliphatic rings. The Labute approximate surface area is 106 Å². The summed E-state index contributed by atoms with van der Waals surface area (Å²) in [7, 11) is 0. The standard InChI is InChI=1S/C13H18N2O3/c1-2-18-11-5-4-10(8-14-11)12(16)15-9-13(17)6-3-7-13/h4-5,8,17H,2-3,6-7,9H2,1H3,(H,15,16). The van der Waals surface area contributed by atoms with E-state index in [1.165, 1.54) is 6.20 Å². The summed E-state index contributed by atoms with van der Waals surface area (Å²) >= 11 is 0. The summed E-state index contributed by atoms with van der Waals surface area (Å²) in [4.78, 5) is 15.8. The summed E-state index contributed by atoms with van der Waals surface area (Å²) in [5, 5.41) is 12.6. The Morgan fingerprint density at radius 3 is 2.83 bits per heavy atom. The lowest BCUT2D eigenvalue weighted by Gasteiger charge is -2.36. The first-order valence-electron chi connectivity index (χ1n) is 6.22. The lowest BCUT2D eigenvalue weighted by Crippen LogP contribution is -2.47. The van der Waals surface area contributed by atoms with Gasteiger partial charge in [0.15, 0.2) is 0 Å². The van der Waals surface area contributed by atoms with Crippen LogP contribution in [0.5, 0.6) is 5.88 Å². The summed E-state index contributed by atoms with van der Waals surface area (Å²) in [6.45, 7) is 2.73. The average Bonchev–Trinajstić information content (AvgIpc) is 2.35. The molecule has 1 aliphatic carbocycles. The lowest BCUT2D eigenvalue weighted by molar-refractivity contribution is -0.0300.